The molecule has 0 bridgehead atoms. The van der Waals surface area contributed by atoms with E-state index in [1.54, 1.807) is 7.11 Å². The molecule has 1 heterocycles. The first-order chi connectivity index (χ1) is 8.78. The van der Waals surface area contributed by atoms with Crippen molar-refractivity contribution in [2.75, 3.05) is 26.2 Å². The van der Waals surface area contributed by atoms with Crippen LogP contribution in [0.4, 0.5) is 0 Å². The number of alkyl halides is 1. The van der Waals surface area contributed by atoms with Crippen LogP contribution in [-0.4, -0.2) is 32.3 Å². The minimum atomic E-state index is -0.377. The summed E-state index contributed by atoms with van der Waals surface area (Å²) in [5.74, 6) is 1.83. The SMILES string of the molecule is CCOc1ccc([C@@H]2OC[C@@H](CCl)O2)cc1OC. The lowest BCUT2D eigenvalue weighted by Crippen LogP contribution is -2.10. The third-order valence-electron chi connectivity index (χ3n) is 2.68. The fourth-order valence-electron chi connectivity index (χ4n) is 1.81. The van der Waals surface area contributed by atoms with Gasteiger partial charge in [0.25, 0.3) is 0 Å². The smallest absolute Gasteiger partial charge is 0.184 e. The Bertz CT molecular complexity index is 397. The van der Waals surface area contributed by atoms with E-state index < -0.39 is 0 Å². The summed E-state index contributed by atoms with van der Waals surface area (Å²) < 4.78 is 21.9. The second-order valence-corrected chi connectivity index (χ2v) is 4.23. The third kappa shape index (κ3) is 2.88. The molecular weight excluding hydrogens is 256 g/mol. The number of hydrogen-bond acceptors (Lipinski definition) is 4. The molecule has 5 heteroatoms. The number of hydrogen-bond donors (Lipinski definition) is 0. The summed E-state index contributed by atoms with van der Waals surface area (Å²) in [6, 6.07) is 5.64. The molecule has 100 valence electrons. The van der Waals surface area contributed by atoms with Crippen LogP contribution in [0.15, 0.2) is 18.2 Å². The Kier molecular flexibility index (Phi) is 4.69. The van der Waals surface area contributed by atoms with Crippen molar-refractivity contribution < 1.29 is 18.9 Å². The van der Waals surface area contributed by atoms with Gasteiger partial charge in [0.1, 0.15) is 0 Å². The maximum atomic E-state index is 5.74. The quantitative estimate of drug-likeness (QED) is 0.773. The van der Waals surface area contributed by atoms with E-state index in [0.717, 1.165) is 11.3 Å². The summed E-state index contributed by atoms with van der Waals surface area (Å²) >= 11 is 5.74. The first kappa shape index (κ1) is 13.5. The molecular formula is C13H17ClO4. The van der Waals surface area contributed by atoms with Crippen molar-refractivity contribution in [3.8, 4) is 11.5 Å². The topological polar surface area (TPSA) is 36.9 Å². The molecule has 0 aliphatic carbocycles. The molecule has 2 rings (SSSR count). The Balaban J connectivity index is 2.14. The third-order valence-corrected chi connectivity index (χ3v) is 3.03. The summed E-state index contributed by atoms with van der Waals surface area (Å²) in [7, 11) is 1.61. The van der Waals surface area contributed by atoms with Crippen molar-refractivity contribution in [3.05, 3.63) is 23.8 Å². The van der Waals surface area contributed by atoms with E-state index in [9.17, 15) is 0 Å². The van der Waals surface area contributed by atoms with Crippen molar-refractivity contribution in [2.45, 2.75) is 19.3 Å². The fraction of sp³-hybridized carbons (Fsp3) is 0.538. The van der Waals surface area contributed by atoms with Gasteiger partial charge >= 0.3 is 0 Å². The molecule has 0 radical (unpaired) electrons. The van der Waals surface area contributed by atoms with Crippen LogP contribution in [0.5, 0.6) is 11.5 Å². The lowest BCUT2D eigenvalue weighted by Gasteiger charge is -2.14. The second-order valence-electron chi connectivity index (χ2n) is 3.92. The van der Waals surface area contributed by atoms with Gasteiger partial charge in [0, 0.05) is 5.56 Å². The number of halogens is 1. The number of rotatable bonds is 5. The highest BCUT2D eigenvalue weighted by atomic mass is 35.5. The zero-order chi connectivity index (χ0) is 13.0. The van der Waals surface area contributed by atoms with Crippen LogP contribution in [0.3, 0.4) is 0 Å². The summed E-state index contributed by atoms with van der Waals surface area (Å²) in [4.78, 5) is 0. The van der Waals surface area contributed by atoms with Gasteiger partial charge in [0.2, 0.25) is 0 Å². The standard InChI is InChI=1S/C13H17ClO4/c1-3-16-11-5-4-9(6-12(11)15-2)13-17-8-10(7-14)18-13/h4-6,10,13H,3,7-8H2,1-2H3/t10-,13-/m1/s1. The molecule has 0 unspecified atom stereocenters. The van der Waals surface area contributed by atoms with Crippen LogP contribution in [0.1, 0.15) is 18.8 Å². The van der Waals surface area contributed by atoms with Crippen LogP contribution in [0, 0.1) is 0 Å². The Morgan fingerprint density at radius 3 is 2.83 bits per heavy atom. The zero-order valence-corrected chi connectivity index (χ0v) is 11.3. The summed E-state index contributed by atoms with van der Waals surface area (Å²) in [6.45, 7) is 3.05. The van der Waals surface area contributed by atoms with Crippen molar-refractivity contribution in [2.24, 2.45) is 0 Å². The van der Waals surface area contributed by atoms with Crippen LogP contribution in [0.2, 0.25) is 0 Å². The van der Waals surface area contributed by atoms with E-state index in [2.05, 4.69) is 0 Å². The molecule has 1 saturated heterocycles. The maximum absolute atomic E-state index is 5.74. The van der Waals surface area contributed by atoms with Crippen molar-refractivity contribution in [1.29, 1.82) is 0 Å². The van der Waals surface area contributed by atoms with Gasteiger partial charge in [-0.25, -0.2) is 0 Å². The van der Waals surface area contributed by atoms with Gasteiger partial charge in [-0.05, 0) is 19.1 Å². The molecule has 2 atom stereocenters. The average Bonchev–Trinajstić information content (AvgIpc) is 2.88. The van der Waals surface area contributed by atoms with Crippen LogP contribution in [0.25, 0.3) is 0 Å². The van der Waals surface area contributed by atoms with E-state index in [-0.39, 0.29) is 12.4 Å². The number of methoxy groups -OCH3 is 1. The molecule has 0 amide bonds. The first-order valence-electron chi connectivity index (χ1n) is 5.92. The lowest BCUT2D eigenvalue weighted by atomic mass is 10.2. The van der Waals surface area contributed by atoms with Gasteiger partial charge in [-0.2, -0.15) is 0 Å². The highest BCUT2D eigenvalue weighted by molar-refractivity contribution is 6.18. The van der Waals surface area contributed by atoms with E-state index in [4.69, 9.17) is 30.5 Å². The van der Waals surface area contributed by atoms with Crippen molar-refractivity contribution >= 4 is 11.6 Å². The molecule has 0 N–H and O–H groups in total. The molecule has 1 aliphatic heterocycles. The predicted octanol–water partition coefficient (Wildman–Crippen LogP) is 2.75. The van der Waals surface area contributed by atoms with Crippen LogP contribution < -0.4 is 9.47 Å². The Morgan fingerprint density at radius 1 is 1.39 bits per heavy atom. The molecule has 1 aliphatic rings. The molecule has 1 aromatic carbocycles. The first-order valence-corrected chi connectivity index (χ1v) is 6.45. The van der Waals surface area contributed by atoms with Gasteiger partial charge in [-0.1, -0.05) is 6.07 Å². The highest BCUT2D eigenvalue weighted by Crippen LogP contribution is 2.34. The van der Waals surface area contributed by atoms with Crippen LogP contribution in [-0.2, 0) is 9.47 Å². The second kappa shape index (κ2) is 6.27. The molecule has 1 fully saturated rings. The Morgan fingerprint density at radius 2 is 2.22 bits per heavy atom. The van der Waals surface area contributed by atoms with Crippen molar-refractivity contribution in [1.82, 2.24) is 0 Å². The van der Waals surface area contributed by atoms with Crippen molar-refractivity contribution in [3.63, 3.8) is 0 Å². The van der Waals surface area contributed by atoms with Gasteiger partial charge in [-0.3, -0.25) is 0 Å². The molecule has 18 heavy (non-hydrogen) atoms. The average molecular weight is 273 g/mol. The highest BCUT2D eigenvalue weighted by Gasteiger charge is 2.27. The Labute approximate surface area is 112 Å². The molecule has 0 spiro atoms. The van der Waals surface area contributed by atoms with Gasteiger partial charge < -0.3 is 18.9 Å². The predicted molar refractivity (Wildman–Crippen MR) is 68.4 cm³/mol. The molecule has 4 nitrogen and oxygen atoms in total. The summed E-state index contributed by atoms with van der Waals surface area (Å²) in [5, 5.41) is 0. The van der Waals surface area contributed by atoms with E-state index in [1.807, 2.05) is 25.1 Å². The number of ether oxygens (including phenoxy) is 4. The van der Waals surface area contributed by atoms with E-state index >= 15 is 0 Å². The minimum absolute atomic E-state index is 0.0470. The van der Waals surface area contributed by atoms with E-state index in [0.29, 0.717) is 24.8 Å². The summed E-state index contributed by atoms with van der Waals surface area (Å²) in [5.41, 5.74) is 0.905. The van der Waals surface area contributed by atoms with Gasteiger partial charge in [-0.15, -0.1) is 11.6 Å². The fourth-order valence-corrected chi connectivity index (χ4v) is 1.97. The van der Waals surface area contributed by atoms with Crippen LogP contribution >= 0.6 is 11.6 Å². The maximum Gasteiger partial charge on any atom is 0.184 e. The van der Waals surface area contributed by atoms with Gasteiger partial charge in [0.15, 0.2) is 17.8 Å². The minimum Gasteiger partial charge on any atom is -0.493 e. The zero-order valence-electron chi connectivity index (χ0n) is 10.5. The molecule has 0 aromatic heterocycles. The summed E-state index contributed by atoms with van der Waals surface area (Å²) in [6.07, 6.45) is -0.424. The monoisotopic (exact) mass is 272 g/mol. The van der Waals surface area contributed by atoms with Gasteiger partial charge in [0.05, 0.1) is 32.3 Å². The normalized spacial score (nSPS) is 23.1. The largest absolute Gasteiger partial charge is 0.493 e. The number of benzene rings is 1. The molecule has 0 saturated carbocycles. The van der Waals surface area contributed by atoms with E-state index in [1.165, 1.54) is 0 Å². The Hall–Kier alpha value is -0.970. The lowest BCUT2D eigenvalue weighted by molar-refractivity contribution is -0.0568. The molecule has 1 aromatic rings.